The Labute approximate surface area is 132 Å². The molecule has 0 atom stereocenters. The number of nitrogens with two attached hydrogens (primary N) is 1. The van der Waals surface area contributed by atoms with Crippen molar-refractivity contribution in [1.82, 2.24) is 0 Å². The van der Waals surface area contributed by atoms with E-state index in [-0.39, 0.29) is 5.91 Å². The number of aryl methyl sites for hydroxylation is 1. The molecule has 0 bridgehead atoms. The van der Waals surface area contributed by atoms with Gasteiger partial charge in [-0.05, 0) is 41.7 Å². The highest BCUT2D eigenvalue weighted by molar-refractivity contribution is 5.93. The van der Waals surface area contributed by atoms with Crippen LogP contribution >= 0.6 is 0 Å². The van der Waals surface area contributed by atoms with Crippen LogP contribution in [-0.2, 0) is 11.2 Å². The summed E-state index contributed by atoms with van der Waals surface area (Å²) in [7, 11) is 1.83. The molecule has 3 nitrogen and oxygen atoms in total. The molecule has 0 spiro atoms. The number of nitrogens with zero attached hydrogens (tertiary/aromatic N) is 1. The van der Waals surface area contributed by atoms with Crippen LogP contribution in [0.1, 0.15) is 37.3 Å². The van der Waals surface area contributed by atoms with Crippen molar-refractivity contribution in [2.24, 2.45) is 0 Å². The largest absolute Gasteiger partial charge is 0.399 e. The van der Waals surface area contributed by atoms with E-state index in [1.807, 2.05) is 43.4 Å². The second-order valence-corrected chi connectivity index (χ2v) is 5.90. The van der Waals surface area contributed by atoms with Crippen molar-refractivity contribution in [3.05, 3.63) is 59.7 Å². The molecule has 0 radical (unpaired) electrons. The Balaban J connectivity index is 2.03. The highest BCUT2D eigenvalue weighted by atomic mass is 16.2. The standard InChI is InChI=1S/C19H24N2O/c1-14(2)16-8-6-9-17(13-16)21(3)19(22)12-11-15-7-4-5-10-18(15)20/h4-10,13-14H,11-12,20H2,1-3H3. The minimum Gasteiger partial charge on any atom is -0.399 e. The Morgan fingerprint density at radius 3 is 2.55 bits per heavy atom. The molecule has 0 aromatic heterocycles. The predicted octanol–water partition coefficient (Wildman–Crippen LogP) is 3.99. The summed E-state index contributed by atoms with van der Waals surface area (Å²) in [5.41, 5.74) is 9.88. The fourth-order valence-corrected chi connectivity index (χ4v) is 2.41. The molecule has 2 rings (SSSR count). The van der Waals surface area contributed by atoms with Gasteiger partial charge in [-0.3, -0.25) is 4.79 Å². The number of para-hydroxylation sites is 1. The number of hydrogen-bond donors (Lipinski definition) is 1. The number of carbonyl (C=O) groups is 1. The van der Waals surface area contributed by atoms with Crippen LogP contribution in [0.3, 0.4) is 0 Å². The van der Waals surface area contributed by atoms with Crippen LogP contribution in [0.2, 0.25) is 0 Å². The lowest BCUT2D eigenvalue weighted by atomic mass is 10.0. The van der Waals surface area contributed by atoms with Crippen molar-refractivity contribution >= 4 is 17.3 Å². The van der Waals surface area contributed by atoms with Crippen molar-refractivity contribution in [1.29, 1.82) is 0 Å². The summed E-state index contributed by atoms with van der Waals surface area (Å²) in [6.45, 7) is 4.30. The van der Waals surface area contributed by atoms with Gasteiger partial charge < -0.3 is 10.6 Å². The summed E-state index contributed by atoms with van der Waals surface area (Å²) < 4.78 is 0. The van der Waals surface area contributed by atoms with Crippen molar-refractivity contribution in [3.63, 3.8) is 0 Å². The summed E-state index contributed by atoms with van der Waals surface area (Å²) in [6.07, 6.45) is 1.12. The second-order valence-electron chi connectivity index (χ2n) is 5.90. The van der Waals surface area contributed by atoms with Crippen molar-refractivity contribution in [2.75, 3.05) is 17.7 Å². The van der Waals surface area contributed by atoms with Crippen LogP contribution < -0.4 is 10.6 Å². The highest BCUT2D eigenvalue weighted by Gasteiger charge is 2.12. The summed E-state index contributed by atoms with van der Waals surface area (Å²) >= 11 is 0. The molecule has 1 amide bonds. The molecule has 2 N–H and O–H groups in total. The van der Waals surface area contributed by atoms with E-state index in [0.29, 0.717) is 18.8 Å². The van der Waals surface area contributed by atoms with E-state index in [1.54, 1.807) is 4.90 Å². The third-order valence-electron chi connectivity index (χ3n) is 3.96. The lowest BCUT2D eigenvalue weighted by molar-refractivity contribution is -0.118. The van der Waals surface area contributed by atoms with Crippen LogP contribution in [0.15, 0.2) is 48.5 Å². The Morgan fingerprint density at radius 1 is 1.14 bits per heavy atom. The number of carbonyl (C=O) groups excluding carboxylic acids is 1. The van der Waals surface area contributed by atoms with Crippen LogP contribution in [-0.4, -0.2) is 13.0 Å². The van der Waals surface area contributed by atoms with Crippen LogP contribution in [0, 0.1) is 0 Å². The van der Waals surface area contributed by atoms with Gasteiger partial charge in [0, 0.05) is 24.8 Å². The SMILES string of the molecule is CC(C)c1cccc(N(C)C(=O)CCc2ccccc2N)c1. The van der Waals surface area contributed by atoms with Gasteiger partial charge in [0.1, 0.15) is 0 Å². The zero-order valence-electron chi connectivity index (χ0n) is 13.5. The average Bonchev–Trinajstić information content (AvgIpc) is 2.53. The highest BCUT2D eigenvalue weighted by Crippen LogP contribution is 2.22. The topological polar surface area (TPSA) is 46.3 Å². The molecule has 3 heteroatoms. The van der Waals surface area contributed by atoms with E-state index in [2.05, 4.69) is 26.0 Å². The molecule has 2 aromatic rings. The molecule has 0 heterocycles. The molecule has 0 saturated carbocycles. The molecular formula is C19H24N2O. The zero-order chi connectivity index (χ0) is 16.1. The molecule has 0 saturated heterocycles. The molecule has 0 aliphatic rings. The lowest BCUT2D eigenvalue weighted by Gasteiger charge is -2.19. The third-order valence-corrected chi connectivity index (χ3v) is 3.96. The minimum atomic E-state index is 0.101. The molecule has 2 aromatic carbocycles. The van der Waals surface area contributed by atoms with Crippen LogP contribution in [0.5, 0.6) is 0 Å². The van der Waals surface area contributed by atoms with Gasteiger partial charge in [-0.25, -0.2) is 0 Å². The van der Waals surface area contributed by atoms with Crippen molar-refractivity contribution in [2.45, 2.75) is 32.6 Å². The molecule has 0 unspecified atom stereocenters. The Kier molecular flexibility index (Phi) is 5.21. The fraction of sp³-hybridized carbons (Fsp3) is 0.316. The maximum Gasteiger partial charge on any atom is 0.227 e. The first-order chi connectivity index (χ1) is 10.5. The van der Waals surface area contributed by atoms with E-state index in [0.717, 1.165) is 16.9 Å². The van der Waals surface area contributed by atoms with E-state index < -0.39 is 0 Å². The van der Waals surface area contributed by atoms with Gasteiger partial charge >= 0.3 is 0 Å². The van der Waals surface area contributed by atoms with Crippen molar-refractivity contribution in [3.8, 4) is 0 Å². The van der Waals surface area contributed by atoms with Gasteiger partial charge in [-0.1, -0.05) is 44.2 Å². The summed E-state index contributed by atoms with van der Waals surface area (Å²) in [4.78, 5) is 14.1. The second kappa shape index (κ2) is 7.12. The molecule has 0 aliphatic carbocycles. The first kappa shape index (κ1) is 16.1. The number of hydrogen-bond acceptors (Lipinski definition) is 2. The number of rotatable bonds is 5. The van der Waals surface area contributed by atoms with Crippen LogP contribution in [0.4, 0.5) is 11.4 Å². The zero-order valence-corrected chi connectivity index (χ0v) is 13.5. The van der Waals surface area contributed by atoms with Crippen molar-refractivity contribution < 1.29 is 4.79 Å². The quantitative estimate of drug-likeness (QED) is 0.848. The monoisotopic (exact) mass is 296 g/mol. The van der Waals surface area contributed by atoms with E-state index in [9.17, 15) is 4.79 Å². The van der Waals surface area contributed by atoms with Gasteiger partial charge in [0.15, 0.2) is 0 Å². The number of nitrogen functional groups attached to an aromatic ring is 1. The number of amides is 1. The first-order valence-electron chi connectivity index (χ1n) is 7.69. The molecule has 116 valence electrons. The lowest BCUT2D eigenvalue weighted by Crippen LogP contribution is -2.26. The van der Waals surface area contributed by atoms with Gasteiger partial charge in [0.2, 0.25) is 5.91 Å². The normalized spacial score (nSPS) is 10.7. The van der Waals surface area contributed by atoms with Gasteiger partial charge in [-0.2, -0.15) is 0 Å². The Hall–Kier alpha value is -2.29. The maximum atomic E-state index is 12.4. The first-order valence-corrected chi connectivity index (χ1v) is 7.69. The molecule has 22 heavy (non-hydrogen) atoms. The van der Waals surface area contributed by atoms with E-state index in [1.165, 1.54) is 5.56 Å². The summed E-state index contributed by atoms with van der Waals surface area (Å²) in [5, 5.41) is 0. The minimum absolute atomic E-state index is 0.101. The fourth-order valence-electron chi connectivity index (χ4n) is 2.41. The van der Waals surface area contributed by atoms with E-state index in [4.69, 9.17) is 5.73 Å². The molecule has 0 fully saturated rings. The third kappa shape index (κ3) is 3.88. The Morgan fingerprint density at radius 2 is 1.86 bits per heavy atom. The van der Waals surface area contributed by atoms with Crippen LogP contribution in [0.25, 0.3) is 0 Å². The number of benzene rings is 2. The summed E-state index contributed by atoms with van der Waals surface area (Å²) in [6, 6.07) is 15.9. The predicted molar refractivity (Wildman–Crippen MR) is 93.1 cm³/mol. The molecular weight excluding hydrogens is 272 g/mol. The maximum absolute atomic E-state index is 12.4. The Bertz CT molecular complexity index is 649. The smallest absolute Gasteiger partial charge is 0.227 e. The van der Waals surface area contributed by atoms with E-state index >= 15 is 0 Å². The average molecular weight is 296 g/mol. The summed E-state index contributed by atoms with van der Waals surface area (Å²) in [5.74, 6) is 0.553. The van der Waals surface area contributed by atoms with Gasteiger partial charge in [0.05, 0.1) is 0 Å². The van der Waals surface area contributed by atoms with Gasteiger partial charge in [-0.15, -0.1) is 0 Å². The number of anilines is 2. The van der Waals surface area contributed by atoms with Gasteiger partial charge in [0.25, 0.3) is 0 Å². The molecule has 0 aliphatic heterocycles.